The predicted octanol–water partition coefficient (Wildman–Crippen LogP) is 0.855. The van der Waals surface area contributed by atoms with Crippen LogP contribution in [0, 0.1) is 11.8 Å². The molecule has 94 valence electrons. The van der Waals surface area contributed by atoms with Crippen LogP contribution in [0.1, 0.15) is 27.2 Å². The van der Waals surface area contributed by atoms with Crippen LogP contribution >= 0.6 is 0 Å². The number of ether oxygens (including phenoxy) is 1. The quantitative estimate of drug-likeness (QED) is 0.776. The lowest BCUT2D eigenvalue weighted by Crippen LogP contribution is -2.43. The van der Waals surface area contributed by atoms with Gasteiger partial charge in [-0.25, -0.2) is 0 Å². The van der Waals surface area contributed by atoms with Gasteiger partial charge in [-0.05, 0) is 11.8 Å². The molecule has 0 aromatic heterocycles. The molecule has 0 aromatic rings. The molecule has 1 heterocycles. The maximum Gasteiger partial charge on any atom is 0.223 e. The van der Waals surface area contributed by atoms with Gasteiger partial charge in [0.15, 0.2) is 0 Å². The Kier molecular flexibility index (Phi) is 5.22. The van der Waals surface area contributed by atoms with E-state index in [-0.39, 0.29) is 17.9 Å². The van der Waals surface area contributed by atoms with Crippen LogP contribution in [0.3, 0.4) is 0 Å². The number of morpholine rings is 1. The smallest absolute Gasteiger partial charge is 0.223 e. The highest BCUT2D eigenvalue weighted by Gasteiger charge is 2.23. The summed E-state index contributed by atoms with van der Waals surface area (Å²) in [6, 6.07) is 0.102. The topological polar surface area (TPSA) is 55.6 Å². The largest absolute Gasteiger partial charge is 0.378 e. The zero-order valence-electron chi connectivity index (χ0n) is 10.6. The van der Waals surface area contributed by atoms with Crippen LogP contribution in [0.2, 0.25) is 0 Å². The number of hydrogen-bond donors (Lipinski definition) is 1. The highest BCUT2D eigenvalue weighted by atomic mass is 16.5. The standard InChI is InChI=1S/C12H24N2O2/c1-9(2)12(13)10(3)8-11(15)14-4-6-16-7-5-14/h9-10,12H,4-8,13H2,1-3H3/t10-,12+/m0/s1. The molecule has 16 heavy (non-hydrogen) atoms. The Hall–Kier alpha value is -0.610. The number of carbonyl (C=O) groups is 1. The number of rotatable bonds is 4. The van der Waals surface area contributed by atoms with Crippen molar-refractivity contribution in [1.82, 2.24) is 4.90 Å². The van der Waals surface area contributed by atoms with Crippen molar-refractivity contribution in [2.24, 2.45) is 17.6 Å². The van der Waals surface area contributed by atoms with E-state index in [2.05, 4.69) is 20.8 Å². The van der Waals surface area contributed by atoms with Crippen molar-refractivity contribution in [1.29, 1.82) is 0 Å². The van der Waals surface area contributed by atoms with Crippen molar-refractivity contribution >= 4 is 5.91 Å². The molecular formula is C12H24N2O2. The number of hydrogen-bond acceptors (Lipinski definition) is 3. The Labute approximate surface area is 98.1 Å². The van der Waals surface area contributed by atoms with Crippen LogP contribution in [-0.4, -0.2) is 43.2 Å². The SMILES string of the molecule is CC(C)[C@@H](N)[C@@H](C)CC(=O)N1CCOCC1. The zero-order chi connectivity index (χ0) is 12.1. The van der Waals surface area contributed by atoms with Gasteiger partial charge in [0, 0.05) is 25.6 Å². The molecular weight excluding hydrogens is 204 g/mol. The van der Waals surface area contributed by atoms with E-state index in [4.69, 9.17) is 10.5 Å². The molecule has 0 spiro atoms. The molecule has 0 bridgehead atoms. The Morgan fingerprint density at radius 2 is 1.88 bits per heavy atom. The molecule has 4 heteroatoms. The number of nitrogens with zero attached hydrogens (tertiary/aromatic N) is 1. The Balaban J connectivity index is 2.37. The van der Waals surface area contributed by atoms with Crippen molar-refractivity contribution in [2.75, 3.05) is 26.3 Å². The number of amides is 1. The fourth-order valence-electron chi connectivity index (χ4n) is 2.01. The maximum atomic E-state index is 12.0. The van der Waals surface area contributed by atoms with Gasteiger partial charge in [0.25, 0.3) is 0 Å². The lowest BCUT2D eigenvalue weighted by Gasteiger charge is -2.29. The van der Waals surface area contributed by atoms with E-state index in [1.807, 2.05) is 4.90 Å². The van der Waals surface area contributed by atoms with E-state index < -0.39 is 0 Å². The van der Waals surface area contributed by atoms with Gasteiger partial charge in [-0.2, -0.15) is 0 Å². The van der Waals surface area contributed by atoms with E-state index in [0.717, 1.165) is 13.1 Å². The lowest BCUT2D eigenvalue weighted by atomic mass is 9.90. The maximum absolute atomic E-state index is 12.0. The molecule has 2 N–H and O–H groups in total. The number of carbonyl (C=O) groups excluding carboxylic acids is 1. The average Bonchev–Trinajstić information content (AvgIpc) is 2.28. The number of nitrogens with two attached hydrogens (primary N) is 1. The molecule has 1 fully saturated rings. The van der Waals surface area contributed by atoms with Gasteiger partial charge < -0.3 is 15.4 Å². The van der Waals surface area contributed by atoms with Crippen LogP contribution in [-0.2, 0) is 9.53 Å². The minimum absolute atomic E-state index is 0.102. The first-order valence-corrected chi connectivity index (χ1v) is 6.13. The summed E-state index contributed by atoms with van der Waals surface area (Å²) in [5.74, 6) is 0.884. The van der Waals surface area contributed by atoms with Crippen LogP contribution < -0.4 is 5.73 Å². The molecule has 1 amide bonds. The van der Waals surface area contributed by atoms with Crippen molar-refractivity contribution < 1.29 is 9.53 Å². The van der Waals surface area contributed by atoms with Gasteiger partial charge in [-0.15, -0.1) is 0 Å². The fraction of sp³-hybridized carbons (Fsp3) is 0.917. The zero-order valence-corrected chi connectivity index (χ0v) is 10.6. The van der Waals surface area contributed by atoms with E-state index >= 15 is 0 Å². The average molecular weight is 228 g/mol. The monoisotopic (exact) mass is 228 g/mol. The summed E-state index contributed by atoms with van der Waals surface area (Å²) in [4.78, 5) is 13.8. The highest BCUT2D eigenvalue weighted by molar-refractivity contribution is 5.76. The second kappa shape index (κ2) is 6.21. The second-order valence-corrected chi connectivity index (χ2v) is 5.00. The third-order valence-corrected chi connectivity index (χ3v) is 3.29. The molecule has 1 aliphatic heterocycles. The molecule has 0 aliphatic carbocycles. The second-order valence-electron chi connectivity index (χ2n) is 5.00. The summed E-state index contributed by atoms with van der Waals surface area (Å²) in [5.41, 5.74) is 6.04. The van der Waals surface area contributed by atoms with Crippen molar-refractivity contribution in [3.63, 3.8) is 0 Å². The molecule has 1 aliphatic rings. The minimum atomic E-state index is 0.102. The third-order valence-electron chi connectivity index (χ3n) is 3.29. The van der Waals surface area contributed by atoms with Crippen molar-refractivity contribution in [3.8, 4) is 0 Å². The van der Waals surface area contributed by atoms with Gasteiger partial charge in [0.2, 0.25) is 5.91 Å². The Bertz CT molecular complexity index is 225. The predicted molar refractivity (Wildman–Crippen MR) is 64.0 cm³/mol. The summed E-state index contributed by atoms with van der Waals surface area (Å²) >= 11 is 0. The molecule has 0 unspecified atom stereocenters. The van der Waals surface area contributed by atoms with Gasteiger partial charge in [0.05, 0.1) is 13.2 Å². The van der Waals surface area contributed by atoms with E-state index in [0.29, 0.717) is 25.6 Å². The molecule has 1 saturated heterocycles. The van der Waals surface area contributed by atoms with Crippen molar-refractivity contribution in [3.05, 3.63) is 0 Å². The molecule has 0 saturated carbocycles. The normalized spacial score (nSPS) is 20.9. The fourth-order valence-corrected chi connectivity index (χ4v) is 2.01. The molecule has 0 aromatic carbocycles. The van der Waals surface area contributed by atoms with Crippen molar-refractivity contribution in [2.45, 2.75) is 33.2 Å². The molecule has 1 rings (SSSR count). The summed E-state index contributed by atoms with van der Waals surface area (Å²) < 4.78 is 5.22. The minimum Gasteiger partial charge on any atom is -0.378 e. The summed E-state index contributed by atoms with van der Waals surface area (Å²) in [6.07, 6.45) is 0.555. The summed E-state index contributed by atoms with van der Waals surface area (Å²) in [5, 5.41) is 0. The lowest BCUT2D eigenvalue weighted by molar-refractivity contribution is -0.136. The first-order valence-electron chi connectivity index (χ1n) is 6.13. The van der Waals surface area contributed by atoms with Crippen LogP contribution in [0.15, 0.2) is 0 Å². The Morgan fingerprint density at radius 3 is 2.38 bits per heavy atom. The van der Waals surface area contributed by atoms with E-state index in [1.54, 1.807) is 0 Å². The van der Waals surface area contributed by atoms with Gasteiger partial charge in [-0.3, -0.25) is 4.79 Å². The van der Waals surface area contributed by atoms with Gasteiger partial charge in [0.1, 0.15) is 0 Å². The summed E-state index contributed by atoms with van der Waals surface area (Å²) in [6.45, 7) is 9.03. The highest BCUT2D eigenvalue weighted by Crippen LogP contribution is 2.15. The Morgan fingerprint density at radius 1 is 1.31 bits per heavy atom. The van der Waals surface area contributed by atoms with Gasteiger partial charge in [-0.1, -0.05) is 20.8 Å². The van der Waals surface area contributed by atoms with E-state index in [1.165, 1.54) is 0 Å². The third kappa shape index (κ3) is 3.76. The first kappa shape index (κ1) is 13.5. The van der Waals surface area contributed by atoms with Crippen LogP contribution in [0.25, 0.3) is 0 Å². The van der Waals surface area contributed by atoms with Gasteiger partial charge >= 0.3 is 0 Å². The van der Waals surface area contributed by atoms with Crippen LogP contribution in [0.5, 0.6) is 0 Å². The molecule has 4 nitrogen and oxygen atoms in total. The first-order chi connectivity index (χ1) is 7.52. The summed E-state index contributed by atoms with van der Waals surface area (Å²) in [7, 11) is 0. The van der Waals surface area contributed by atoms with Crippen LogP contribution in [0.4, 0.5) is 0 Å². The van der Waals surface area contributed by atoms with E-state index in [9.17, 15) is 4.79 Å². The molecule has 0 radical (unpaired) electrons. The molecule has 2 atom stereocenters.